The number of pyridine rings is 1. The van der Waals surface area contributed by atoms with Gasteiger partial charge < -0.3 is 9.84 Å². The number of hydrogen-bond acceptors (Lipinski definition) is 5. The molecule has 0 fully saturated rings. The highest BCUT2D eigenvalue weighted by Gasteiger charge is 2.22. The first-order valence-corrected chi connectivity index (χ1v) is 6.23. The smallest absolute Gasteiger partial charge is 0.226 e. The summed E-state index contributed by atoms with van der Waals surface area (Å²) in [5, 5.41) is 10.5. The molecule has 5 heteroatoms. The fourth-order valence-electron chi connectivity index (χ4n) is 1.87. The van der Waals surface area contributed by atoms with Crippen molar-refractivity contribution in [2.75, 3.05) is 7.11 Å². The van der Waals surface area contributed by atoms with Crippen molar-refractivity contribution in [1.29, 1.82) is 0 Å². The molecule has 1 N–H and O–H groups in total. The standard InChI is InChI=1S/C14H19N3O2/c1-8(18)11-10-9(6-7-15-11)16-13(14(2,3)4)17-12(10)19-5/h6-8,18H,1-5H3. The number of fused-ring (bicyclic) bond motifs is 1. The molecule has 2 rings (SSSR count). The molecule has 1 atom stereocenters. The van der Waals surface area contributed by atoms with Crippen LogP contribution >= 0.6 is 0 Å². The van der Waals surface area contributed by atoms with Gasteiger partial charge in [-0.1, -0.05) is 20.8 Å². The van der Waals surface area contributed by atoms with E-state index in [1.165, 1.54) is 0 Å². The number of aromatic nitrogens is 3. The van der Waals surface area contributed by atoms with E-state index in [4.69, 9.17) is 4.74 Å². The normalized spacial score (nSPS) is 13.6. The number of nitrogens with zero attached hydrogens (tertiary/aromatic N) is 3. The molecule has 0 aliphatic heterocycles. The summed E-state index contributed by atoms with van der Waals surface area (Å²) in [5.74, 6) is 1.17. The molecule has 2 aromatic rings. The van der Waals surface area contributed by atoms with Crippen molar-refractivity contribution in [2.45, 2.75) is 39.2 Å². The summed E-state index contributed by atoms with van der Waals surface area (Å²) in [4.78, 5) is 13.2. The van der Waals surface area contributed by atoms with Gasteiger partial charge in [-0.05, 0) is 13.0 Å². The quantitative estimate of drug-likeness (QED) is 0.899. The first-order valence-electron chi connectivity index (χ1n) is 6.23. The Kier molecular flexibility index (Phi) is 3.41. The highest BCUT2D eigenvalue weighted by atomic mass is 16.5. The fraction of sp³-hybridized carbons (Fsp3) is 0.500. The second-order valence-electron chi connectivity index (χ2n) is 5.57. The molecule has 0 saturated carbocycles. The summed E-state index contributed by atoms with van der Waals surface area (Å²) in [6.45, 7) is 7.80. The van der Waals surface area contributed by atoms with Crippen molar-refractivity contribution in [3.05, 3.63) is 23.8 Å². The minimum absolute atomic E-state index is 0.171. The number of aliphatic hydroxyl groups is 1. The van der Waals surface area contributed by atoms with Crippen LogP contribution in [0.15, 0.2) is 12.3 Å². The highest BCUT2D eigenvalue weighted by Crippen LogP contribution is 2.31. The molecule has 0 saturated heterocycles. The molecule has 0 aromatic carbocycles. The first kappa shape index (κ1) is 13.7. The molecule has 2 aromatic heterocycles. The van der Waals surface area contributed by atoms with Crippen LogP contribution in [0.3, 0.4) is 0 Å². The third-order valence-electron chi connectivity index (χ3n) is 2.87. The zero-order chi connectivity index (χ0) is 14.2. The van der Waals surface area contributed by atoms with Gasteiger partial charge in [0.05, 0.1) is 29.8 Å². The van der Waals surface area contributed by atoms with E-state index in [0.717, 1.165) is 5.52 Å². The van der Waals surface area contributed by atoms with E-state index in [1.807, 2.05) is 20.8 Å². The summed E-state index contributed by atoms with van der Waals surface area (Å²) in [6, 6.07) is 1.81. The Bertz CT molecular complexity index is 603. The van der Waals surface area contributed by atoms with Gasteiger partial charge in [0.2, 0.25) is 5.88 Å². The monoisotopic (exact) mass is 261 g/mol. The van der Waals surface area contributed by atoms with Crippen LogP contribution in [0.1, 0.15) is 45.3 Å². The Morgan fingerprint density at radius 1 is 1.26 bits per heavy atom. The number of ether oxygens (including phenoxy) is 1. The molecule has 2 heterocycles. The molecule has 5 nitrogen and oxygen atoms in total. The predicted octanol–water partition coefficient (Wildman–Crippen LogP) is 2.38. The van der Waals surface area contributed by atoms with Gasteiger partial charge in [-0.2, -0.15) is 4.98 Å². The summed E-state index contributed by atoms with van der Waals surface area (Å²) in [6.07, 6.45) is 0.949. The van der Waals surface area contributed by atoms with E-state index in [9.17, 15) is 5.11 Å². The Morgan fingerprint density at radius 2 is 1.95 bits per heavy atom. The molecular weight excluding hydrogens is 242 g/mol. The van der Waals surface area contributed by atoms with Crippen LogP contribution in [-0.2, 0) is 5.41 Å². The molecule has 0 aliphatic rings. The molecule has 0 aliphatic carbocycles. The van der Waals surface area contributed by atoms with Crippen LogP contribution in [0, 0.1) is 0 Å². The highest BCUT2D eigenvalue weighted by molar-refractivity contribution is 5.86. The second kappa shape index (κ2) is 4.74. The largest absolute Gasteiger partial charge is 0.480 e. The lowest BCUT2D eigenvalue weighted by Gasteiger charge is -2.19. The average molecular weight is 261 g/mol. The lowest BCUT2D eigenvalue weighted by molar-refractivity contribution is 0.195. The lowest BCUT2D eigenvalue weighted by atomic mass is 9.95. The van der Waals surface area contributed by atoms with Gasteiger partial charge >= 0.3 is 0 Å². The van der Waals surface area contributed by atoms with Crippen LogP contribution in [0.25, 0.3) is 10.9 Å². The molecule has 0 spiro atoms. The van der Waals surface area contributed by atoms with E-state index in [1.54, 1.807) is 26.3 Å². The Balaban J connectivity index is 2.81. The predicted molar refractivity (Wildman–Crippen MR) is 73.2 cm³/mol. The number of hydrogen-bond donors (Lipinski definition) is 1. The maximum absolute atomic E-state index is 9.80. The lowest BCUT2D eigenvalue weighted by Crippen LogP contribution is -2.17. The fourth-order valence-corrected chi connectivity index (χ4v) is 1.87. The van der Waals surface area contributed by atoms with Crippen LogP contribution in [0.2, 0.25) is 0 Å². The Hall–Kier alpha value is -1.75. The number of aliphatic hydroxyl groups excluding tert-OH is 1. The van der Waals surface area contributed by atoms with E-state index in [-0.39, 0.29) is 5.41 Å². The van der Waals surface area contributed by atoms with Crippen molar-refractivity contribution < 1.29 is 9.84 Å². The molecule has 0 bridgehead atoms. The number of methoxy groups -OCH3 is 1. The molecule has 102 valence electrons. The first-order chi connectivity index (χ1) is 8.84. The van der Waals surface area contributed by atoms with Gasteiger partial charge in [0.15, 0.2) is 0 Å². The summed E-state index contributed by atoms with van der Waals surface area (Å²) >= 11 is 0. The van der Waals surface area contributed by atoms with Gasteiger partial charge in [-0.25, -0.2) is 4.98 Å². The topological polar surface area (TPSA) is 68.1 Å². The van der Waals surface area contributed by atoms with Gasteiger partial charge in [-0.3, -0.25) is 4.98 Å². The minimum atomic E-state index is -0.693. The molecule has 19 heavy (non-hydrogen) atoms. The van der Waals surface area contributed by atoms with Gasteiger partial charge in [0, 0.05) is 11.6 Å². The summed E-state index contributed by atoms with van der Waals surface area (Å²) in [7, 11) is 1.56. The van der Waals surface area contributed by atoms with Crippen molar-refractivity contribution >= 4 is 10.9 Å². The van der Waals surface area contributed by atoms with E-state index >= 15 is 0 Å². The third-order valence-corrected chi connectivity index (χ3v) is 2.87. The zero-order valence-electron chi connectivity index (χ0n) is 11.9. The van der Waals surface area contributed by atoms with Crippen molar-refractivity contribution in [2.24, 2.45) is 0 Å². The van der Waals surface area contributed by atoms with E-state index < -0.39 is 6.10 Å². The van der Waals surface area contributed by atoms with E-state index in [2.05, 4.69) is 15.0 Å². The van der Waals surface area contributed by atoms with Gasteiger partial charge in [-0.15, -0.1) is 0 Å². The SMILES string of the molecule is COc1nc(C(C)(C)C)nc2ccnc(C(C)O)c12. The van der Waals surface area contributed by atoms with Crippen LogP contribution in [0.4, 0.5) is 0 Å². The zero-order valence-corrected chi connectivity index (χ0v) is 11.9. The van der Waals surface area contributed by atoms with E-state index in [0.29, 0.717) is 22.8 Å². The van der Waals surface area contributed by atoms with Crippen LogP contribution < -0.4 is 4.74 Å². The van der Waals surface area contributed by atoms with Crippen molar-refractivity contribution in [3.8, 4) is 5.88 Å². The Morgan fingerprint density at radius 3 is 2.47 bits per heavy atom. The number of rotatable bonds is 2. The van der Waals surface area contributed by atoms with Gasteiger partial charge in [0.1, 0.15) is 5.82 Å². The van der Waals surface area contributed by atoms with Crippen LogP contribution in [-0.4, -0.2) is 27.2 Å². The maximum Gasteiger partial charge on any atom is 0.226 e. The van der Waals surface area contributed by atoms with Gasteiger partial charge in [0.25, 0.3) is 0 Å². The molecule has 1 unspecified atom stereocenters. The van der Waals surface area contributed by atoms with Crippen molar-refractivity contribution in [3.63, 3.8) is 0 Å². The second-order valence-corrected chi connectivity index (χ2v) is 5.57. The summed E-state index contributed by atoms with van der Waals surface area (Å²) in [5.41, 5.74) is 1.10. The third kappa shape index (κ3) is 2.51. The van der Waals surface area contributed by atoms with Crippen LogP contribution in [0.5, 0.6) is 5.88 Å². The molecular formula is C14H19N3O2. The Labute approximate surface area is 112 Å². The maximum atomic E-state index is 9.80. The molecule has 0 radical (unpaired) electrons. The average Bonchev–Trinajstić information content (AvgIpc) is 2.35. The van der Waals surface area contributed by atoms with Crippen molar-refractivity contribution in [1.82, 2.24) is 15.0 Å². The minimum Gasteiger partial charge on any atom is -0.480 e. The summed E-state index contributed by atoms with van der Waals surface area (Å²) < 4.78 is 5.35. The molecule has 0 amide bonds.